The van der Waals surface area contributed by atoms with Gasteiger partial charge in [0.2, 0.25) is 0 Å². The van der Waals surface area contributed by atoms with Crippen molar-refractivity contribution in [3.63, 3.8) is 0 Å². The normalized spacial score (nSPS) is 17.3. The second-order valence-corrected chi connectivity index (χ2v) is 7.75. The Labute approximate surface area is 121 Å². The van der Waals surface area contributed by atoms with E-state index in [-0.39, 0.29) is 5.78 Å². The maximum absolute atomic E-state index is 12.2. The van der Waals surface area contributed by atoms with Gasteiger partial charge in [0.25, 0.3) is 0 Å². The van der Waals surface area contributed by atoms with E-state index >= 15 is 0 Å². The number of hydrogen-bond donors (Lipinski definition) is 0. The van der Waals surface area contributed by atoms with E-state index in [4.69, 9.17) is 4.74 Å². The second-order valence-electron chi connectivity index (χ2n) is 4.55. The molecule has 0 atom stereocenters. The largest absolute Gasteiger partial charge is 0.381 e. The Kier molecular flexibility index (Phi) is 4.76. The molecule has 1 aliphatic rings. The fraction of sp³-hybridized carbons (Fsp3) is 0.462. The van der Waals surface area contributed by atoms with Gasteiger partial charge in [-0.05, 0) is 25.0 Å². The Bertz CT molecular complexity index is 562. The summed E-state index contributed by atoms with van der Waals surface area (Å²) in [4.78, 5) is 12.0. The maximum Gasteiger partial charge on any atom is 0.177 e. The summed E-state index contributed by atoms with van der Waals surface area (Å²) in [6.07, 6.45) is 0.961. The quantitative estimate of drug-likeness (QED) is 0.784. The Hall–Kier alpha value is -0.720. The summed E-state index contributed by atoms with van der Waals surface area (Å²) in [6, 6.07) is 6.79. The third kappa shape index (κ3) is 3.87. The summed E-state index contributed by atoms with van der Waals surface area (Å²) in [5, 5.41) is -0.447. The molecular formula is C13H15BrO4S. The van der Waals surface area contributed by atoms with Crippen molar-refractivity contribution in [1.82, 2.24) is 0 Å². The van der Waals surface area contributed by atoms with Crippen molar-refractivity contribution >= 4 is 31.6 Å². The van der Waals surface area contributed by atoms with Crippen LogP contribution in [0.2, 0.25) is 0 Å². The fourth-order valence-corrected chi connectivity index (χ4v) is 4.16. The van der Waals surface area contributed by atoms with Crippen molar-refractivity contribution in [3.8, 4) is 0 Å². The number of carbonyl (C=O) groups is 1. The minimum Gasteiger partial charge on any atom is -0.381 e. The molecule has 1 saturated heterocycles. The van der Waals surface area contributed by atoms with E-state index in [1.54, 1.807) is 24.3 Å². The van der Waals surface area contributed by atoms with Crippen LogP contribution in [0, 0.1) is 0 Å². The highest BCUT2D eigenvalue weighted by atomic mass is 79.9. The van der Waals surface area contributed by atoms with Crippen LogP contribution < -0.4 is 0 Å². The summed E-state index contributed by atoms with van der Waals surface area (Å²) in [7, 11) is -3.39. The van der Waals surface area contributed by atoms with Crippen molar-refractivity contribution in [3.05, 3.63) is 34.3 Å². The second kappa shape index (κ2) is 6.15. The van der Waals surface area contributed by atoms with Crippen LogP contribution in [0.1, 0.15) is 23.2 Å². The van der Waals surface area contributed by atoms with E-state index in [9.17, 15) is 13.2 Å². The van der Waals surface area contributed by atoms with Crippen molar-refractivity contribution in [2.24, 2.45) is 0 Å². The van der Waals surface area contributed by atoms with Gasteiger partial charge < -0.3 is 4.74 Å². The average Bonchev–Trinajstić information content (AvgIpc) is 2.39. The summed E-state index contributed by atoms with van der Waals surface area (Å²) in [6.45, 7) is 0.907. The minimum absolute atomic E-state index is 0.354. The molecule has 1 fully saturated rings. The number of ether oxygens (including phenoxy) is 1. The van der Waals surface area contributed by atoms with Crippen molar-refractivity contribution < 1.29 is 17.9 Å². The van der Waals surface area contributed by atoms with Crippen LogP contribution in [0.4, 0.5) is 0 Å². The van der Waals surface area contributed by atoms with Gasteiger partial charge in [-0.3, -0.25) is 4.79 Å². The first kappa shape index (κ1) is 14.7. The van der Waals surface area contributed by atoms with Gasteiger partial charge in [0.1, 0.15) is 5.75 Å². The lowest BCUT2D eigenvalue weighted by Gasteiger charge is -2.21. The van der Waals surface area contributed by atoms with Crippen LogP contribution in [0.5, 0.6) is 0 Å². The van der Waals surface area contributed by atoms with E-state index in [1.165, 1.54) is 0 Å². The minimum atomic E-state index is -3.39. The van der Waals surface area contributed by atoms with E-state index in [0.29, 0.717) is 31.6 Å². The first-order chi connectivity index (χ1) is 8.99. The Morgan fingerprint density at radius 3 is 2.63 bits per heavy atom. The number of hydrogen-bond acceptors (Lipinski definition) is 4. The molecule has 1 aliphatic heterocycles. The molecule has 0 saturated carbocycles. The molecule has 0 spiro atoms. The number of benzene rings is 1. The zero-order valence-corrected chi connectivity index (χ0v) is 12.7. The van der Waals surface area contributed by atoms with E-state index < -0.39 is 20.8 Å². The molecule has 0 unspecified atom stereocenters. The van der Waals surface area contributed by atoms with Crippen LogP contribution in [-0.4, -0.2) is 38.4 Å². The van der Waals surface area contributed by atoms with Gasteiger partial charge in [-0.15, -0.1) is 0 Å². The van der Waals surface area contributed by atoms with E-state index in [2.05, 4.69) is 15.9 Å². The topological polar surface area (TPSA) is 60.4 Å². The zero-order valence-electron chi connectivity index (χ0n) is 10.3. The van der Waals surface area contributed by atoms with Crippen molar-refractivity contribution in [2.45, 2.75) is 18.1 Å². The first-order valence-corrected chi connectivity index (χ1v) is 8.58. The molecule has 0 aliphatic carbocycles. The van der Waals surface area contributed by atoms with Crippen LogP contribution in [0.3, 0.4) is 0 Å². The fourth-order valence-electron chi connectivity index (χ4n) is 2.08. The number of sulfone groups is 1. The van der Waals surface area contributed by atoms with Gasteiger partial charge in [0, 0.05) is 23.2 Å². The van der Waals surface area contributed by atoms with Gasteiger partial charge in [-0.25, -0.2) is 8.42 Å². The number of rotatable bonds is 4. The van der Waals surface area contributed by atoms with Gasteiger partial charge >= 0.3 is 0 Å². The summed E-state index contributed by atoms with van der Waals surface area (Å²) < 4.78 is 30.2. The van der Waals surface area contributed by atoms with Gasteiger partial charge in [0.15, 0.2) is 15.6 Å². The molecule has 1 aromatic rings. The highest BCUT2D eigenvalue weighted by molar-refractivity contribution is 9.10. The van der Waals surface area contributed by atoms with Gasteiger partial charge in [0.05, 0.1) is 5.25 Å². The monoisotopic (exact) mass is 346 g/mol. The molecule has 1 aromatic carbocycles. The van der Waals surface area contributed by atoms with Gasteiger partial charge in [-0.1, -0.05) is 28.1 Å². The number of ketones is 1. The molecule has 0 N–H and O–H groups in total. The lowest BCUT2D eigenvalue weighted by Crippen LogP contribution is -2.33. The Morgan fingerprint density at radius 2 is 2.00 bits per heavy atom. The number of carbonyl (C=O) groups excluding carboxylic acids is 1. The van der Waals surface area contributed by atoms with Crippen molar-refractivity contribution in [1.29, 1.82) is 0 Å². The zero-order chi connectivity index (χ0) is 13.9. The molecule has 104 valence electrons. The lowest BCUT2D eigenvalue weighted by molar-refractivity contribution is 0.0971. The molecule has 2 rings (SSSR count). The summed E-state index contributed by atoms with van der Waals surface area (Å²) in [5.74, 6) is -0.776. The highest BCUT2D eigenvalue weighted by Crippen LogP contribution is 2.19. The molecule has 0 radical (unpaired) electrons. The molecule has 4 nitrogen and oxygen atoms in total. The summed E-state index contributed by atoms with van der Waals surface area (Å²) in [5.41, 5.74) is 0.421. The highest BCUT2D eigenvalue weighted by Gasteiger charge is 2.30. The third-order valence-electron chi connectivity index (χ3n) is 3.16. The first-order valence-electron chi connectivity index (χ1n) is 6.07. The lowest BCUT2D eigenvalue weighted by atomic mass is 10.1. The molecular weight excluding hydrogens is 332 g/mol. The molecule has 19 heavy (non-hydrogen) atoms. The van der Waals surface area contributed by atoms with Gasteiger partial charge in [-0.2, -0.15) is 0 Å². The van der Waals surface area contributed by atoms with Crippen LogP contribution >= 0.6 is 15.9 Å². The van der Waals surface area contributed by atoms with E-state index in [1.807, 2.05) is 0 Å². The van der Waals surface area contributed by atoms with E-state index in [0.717, 1.165) is 4.47 Å². The molecule has 0 aromatic heterocycles. The maximum atomic E-state index is 12.2. The molecule has 0 bridgehead atoms. The summed E-state index contributed by atoms with van der Waals surface area (Å²) >= 11 is 3.27. The van der Waals surface area contributed by atoms with Crippen LogP contribution in [-0.2, 0) is 14.6 Å². The number of Topliss-reactive ketones (excluding diaryl/α,β-unsaturated/α-hetero) is 1. The Morgan fingerprint density at radius 1 is 1.32 bits per heavy atom. The van der Waals surface area contributed by atoms with Crippen LogP contribution in [0.25, 0.3) is 0 Å². The standard InChI is InChI=1S/C13H15BrO4S/c14-11-3-1-2-10(8-11)13(15)9-19(16,17)12-4-6-18-7-5-12/h1-3,8,12H,4-7,9H2. The average molecular weight is 347 g/mol. The van der Waals surface area contributed by atoms with Crippen molar-refractivity contribution in [2.75, 3.05) is 19.0 Å². The molecule has 6 heteroatoms. The van der Waals surface area contributed by atoms with Crippen LogP contribution in [0.15, 0.2) is 28.7 Å². The molecule has 1 heterocycles. The smallest absolute Gasteiger partial charge is 0.177 e. The number of halogens is 1. The SMILES string of the molecule is O=C(CS(=O)(=O)C1CCOCC1)c1cccc(Br)c1. The Balaban J connectivity index is 2.09. The third-order valence-corrected chi connectivity index (χ3v) is 5.80. The predicted molar refractivity (Wildman–Crippen MR) is 76.1 cm³/mol. The molecule has 0 amide bonds. The predicted octanol–water partition coefficient (Wildman–Crippen LogP) is 2.23.